The van der Waals surface area contributed by atoms with Gasteiger partial charge in [0.15, 0.2) is 5.76 Å². The van der Waals surface area contributed by atoms with Gasteiger partial charge in [0.1, 0.15) is 5.58 Å². The first-order valence-electron chi connectivity index (χ1n) is 10.7. The normalized spacial score (nSPS) is 17.3. The molecule has 3 aromatic rings. The monoisotopic (exact) mass is 467 g/mol. The third-order valence-electron chi connectivity index (χ3n) is 5.62. The van der Waals surface area contributed by atoms with Crippen LogP contribution in [0.5, 0.6) is 0 Å². The second-order valence-electron chi connectivity index (χ2n) is 7.87. The van der Waals surface area contributed by atoms with Gasteiger partial charge < -0.3 is 15.1 Å². The first-order valence-corrected chi connectivity index (χ1v) is 12.1. The summed E-state index contributed by atoms with van der Waals surface area (Å²) < 4.78 is 33.2. The van der Waals surface area contributed by atoms with Crippen molar-refractivity contribution in [2.75, 3.05) is 18.4 Å². The number of anilines is 1. The lowest BCUT2D eigenvalue weighted by Crippen LogP contribution is -2.36. The highest BCUT2D eigenvalue weighted by Gasteiger charge is 2.28. The second-order valence-corrected chi connectivity index (χ2v) is 9.81. The average Bonchev–Trinajstić information content (AvgIpc) is 3.11. The molecule has 1 aromatic heterocycles. The van der Waals surface area contributed by atoms with E-state index in [-0.39, 0.29) is 22.6 Å². The lowest BCUT2D eigenvalue weighted by Gasteiger charge is -2.20. The van der Waals surface area contributed by atoms with Crippen LogP contribution in [0, 0.1) is 0 Å². The molecule has 0 spiro atoms. The molecule has 0 saturated carbocycles. The highest BCUT2D eigenvalue weighted by Crippen LogP contribution is 2.23. The number of rotatable bonds is 6. The van der Waals surface area contributed by atoms with E-state index in [1.165, 1.54) is 22.5 Å². The van der Waals surface area contributed by atoms with Gasteiger partial charge in [-0.3, -0.25) is 9.59 Å². The van der Waals surface area contributed by atoms with Gasteiger partial charge in [0, 0.05) is 30.2 Å². The van der Waals surface area contributed by atoms with Crippen LogP contribution < -0.4 is 10.6 Å². The minimum Gasteiger partial charge on any atom is -0.451 e. The zero-order chi connectivity index (χ0) is 23.4. The van der Waals surface area contributed by atoms with Gasteiger partial charge in [0.05, 0.1) is 4.90 Å². The highest BCUT2D eigenvalue weighted by atomic mass is 32.2. The van der Waals surface area contributed by atoms with Gasteiger partial charge in [-0.1, -0.05) is 24.8 Å². The topological polar surface area (TPSA) is 109 Å². The molecule has 0 radical (unpaired) electrons. The lowest BCUT2D eigenvalue weighted by molar-refractivity contribution is -0.117. The number of para-hydroxylation sites is 1. The molecule has 0 aliphatic carbocycles. The summed E-state index contributed by atoms with van der Waals surface area (Å²) >= 11 is 0. The Kier molecular flexibility index (Phi) is 6.62. The van der Waals surface area contributed by atoms with E-state index in [2.05, 4.69) is 17.2 Å². The van der Waals surface area contributed by atoms with E-state index in [1.807, 2.05) is 18.2 Å². The number of carbonyl (C=O) groups is 2. The molecule has 2 heterocycles. The Morgan fingerprint density at radius 3 is 2.55 bits per heavy atom. The van der Waals surface area contributed by atoms with Crippen LogP contribution >= 0.6 is 0 Å². The van der Waals surface area contributed by atoms with E-state index in [4.69, 9.17) is 4.42 Å². The summed E-state index contributed by atoms with van der Waals surface area (Å²) in [5.74, 6) is -0.492. The fraction of sp³-hybridized carbons (Fsp3) is 0.250. The van der Waals surface area contributed by atoms with Crippen molar-refractivity contribution in [2.24, 2.45) is 0 Å². The Balaban J connectivity index is 1.41. The molecule has 1 fully saturated rings. The number of furan rings is 1. The van der Waals surface area contributed by atoms with E-state index >= 15 is 0 Å². The number of nitrogens with zero attached hydrogens (tertiary/aromatic N) is 1. The molecule has 1 aliphatic heterocycles. The molecule has 1 atom stereocenters. The first kappa shape index (κ1) is 22.8. The smallest absolute Gasteiger partial charge is 0.291 e. The molecule has 9 heteroatoms. The lowest BCUT2D eigenvalue weighted by atomic mass is 10.1. The fourth-order valence-electron chi connectivity index (χ4n) is 3.86. The van der Waals surface area contributed by atoms with Gasteiger partial charge in [-0.2, -0.15) is 4.31 Å². The fourth-order valence-corrected chi connectivity index (χ4v) is 5.35. The number of carbonyl (C=O) groups excluding carboxylic acids is 2. The molecule has 8 nitrogen and oxygen atoms in total. The van der Waals surface area contributed by atoms with Crippen LogP contribution in [0.3, 0.4) is 0 Å². The number of nitrogens with one attached hydrogen (secondary N) is 2. The number of benzene rings is 2. The van der Waals surface area contributed by atoms with Crippen LogP contribution in [0.1, 0.15) is 29.8 Å². The van der Waals surface area contributed by atoms with Gasteiger partial charge >= 0.3 is 0 Å². The number of hydrogen-bond acceptors (Lipinski definition) is 5. The van der Waals surface area contributed by atoms with E-state index < -0.39 is 15.9 Å². The first-order chi connectivity index (χ1) is 15.9. The van der Waals surface area contributed by atoms with Gasteiger partial charge in [-0.25, -0.2) is 8.42 Å². The van der Waals surface area contributed by atoms with Crippen LogP contribution in [0.25, 0.3) is 11.0 Å². The van der Waals surface area contributed by atoms with E-state index in [1.54, 1.807) is 24.3 Å². The van der Waals surface area contributed by atoms with Crippen molar-refractivity contribution in [3.63, 3.8) is 0 Å². The molecule has 1 aliphatic rings. The standard InChI is InChI=1S/C24H25N3O5S/c1-2-23(28)25-18-7-5-14-27(15-13-18)33(30,31)20-11-9-19(10-12-20)26-24(29)22-16-17-6-3-4-8-21(17)32-22/h2-4,6,8-12,16,18H,1,5,7,13-15H2,(H,25,28)(H,26,29). The van der Waals surface area contributed by atoms with Crippen LogP contribution in [0.4, 0.5) is 5.69 Å². The summed E-state index contributed by atoms with van der Waals surface area (Å²) in [4.78, 5) is 24.2. The third kappa shape index (κ3) is 5.15. The third-order valence-corrected chi connectivity index (χ3v) is 7.53. The predicted molar refractivity (Wildman–Crippen MR) is 125 cm³/mol. The molecule has 33 heavy (non-hydrogen) atoms. The molecule has 1 saturated heterocycles. The van der Waals surface area contributed by atoms with Crippen LogP contribution in [0.15, 0.2) is 76.6 Å². The van der Waals surface area contributed by atoms with E-state index in [0.717, 1.165) is 5.39 Å². The van der Waals surface area contributed by atoms with Crippen molar-refractivity contribution in [2.45, 2.75) is 30.2 Å². The summed E-state index contributed by atoms with van der Waals surface area (Å²) in [6, 6.07) is 15.0. The average molecular weight is 468 g/mol. The van der Waals surface area contributed by atoms with Gasteiger partial charge in [0.25, 0.3) is 5.91 Å². The molecule has 172 valence electrons. The van der Waals surface area contributed by atoms with Crippen molar-refractivity contribution in [1.29, 1.82) is 0 Å². The van der Waals surface area contributed by atoms with Crippen LogP contribution in [-0.2, 0) is 14.8 Å². The Bertz CT molecular complexity index is 1250. The molecular formula is C24H25N3O5S. The Hall–Kier alpha value is -3.43. The Morgan fingerprint density at radius 2 is 1.82 bits per heavy atom. The molecule has 2 N–H and O–H groups in total. The van der Waals surface area contributed by atoms with Crippen molar-refractivity contribution < 1.29 is 22.4 Å². The maximum atomic E-state index is 13.1. The summed E-state index contributed by atoms with van der Waals surface area (Å²) in [6.07, 6.45) is 3.10. The zero-order valence-corrected chi connectivity index (χ0v) is 18.8. The second kappa shape index (κ2) is 9.60. The van der Waals surface area contributed by atoms with Crippen molar-refractivity contribution >= 4 is 38.5 Å². The summed E-state index contributed by atoms with van der Waals surface area (Å²) in [7, 11) is -3.69. The van der Waals surface area contributed by atoms with E-state index in [9.17, 15) is 18.0 Å². The molecule has 4 rings (SSSR count). The quantitative estimate of drug-likeness (QED) is 0.539. The molecule has 0 bridgehead atoms. The van der Waals surface area contributed by atoms with Crippen molar-refractivity contribution in [1.82, 2.24) is 9.62 Å². The van der Waals surface area contributed by atoms with Gasteiger partial charge in [0.2, 0.25) is 15.9 Å². The summed E-state index contributed by atoms with van der Waals surface area (Å²) in [5, 5.41) is 6.40. The highest BCUT2D eigenvalue weighted by molar-refractivity contribution is 7.89. The largest absolute Gasteiger partial charge is 0.451 e. The summed E-state index contributed by atoms with van der Waals surface area (Å²) in [6.45, 7) is 4.14. The maximum absolute atomic E-state index is 13.1. The maximum Gasteiger partial charge on any atom is 0.291 e. The Labute approximate surface area is 192 Å². The number of amides is 2. The minimum atomic E-state index is -3.69. The predicted octanol–water partition coefficient (Wildman–Crippen LogP) is 3.53. The minimum absolute atomic E-state index is 0.0773. The van der Waals surface area contributed by atoms with Crippen LogP contribution in [-0.4, -0.2) is 43.7 Å². The summed E-state index contributed by atoms with van der Waals surface area (Å²) in [5.41, 5.74) is 1.08. The number of hydrogen-bond donors (Lipinski definition) is 2. The van der Waals surface area contributed by atoms with Crippen molar-refractivity contribution in [3.05, 3.63) is 73.0 Å². The molecule has 2 aromatic carbocycles. The van der Waals surface area contributed by atoms with E-state index in [0.29, 0.717) is 43.6 Å². The van der Waals surface area contributed by atoms with Gasteiger partial charge in [-0.05, 0) is 61.7 Å². The molecule has 2 amide bonds. The van der Waals surface area contributed by atoms with Gasteiger partial charge in [-0.15, -0.1) is 0 Å². The zero-order valence-electron chi connectivity index (χ0n) is 18.0. The molecule has 1 unspecified atom stereocenters. The van der Waals surface area contributed by atoms with Crippen LogP contribution in [0.2, 0.25) is 0 Å². The SMILES string of the molecule is C=CC(=O)NC1CCCN(S(=O)(=O)c2ccc(NC(=O)c3cc4ccccc4o3)cc2)CC1. The number of sulfonamides is 1. The van der Waals surface area contributed by atoms with Crippen molar-refractivity contribution in [3.8, 4) is 0 Å². The molecular weight excluding hydrogens is 442 g/mol. The Morgan fingerprint density at radius 1 is 1.06 bits per heavy atom. The number of fused-ring (bicyclic) bond motifs is 1.